The van der Waals surface area contributed by atoms with Crippen molar-refractivity contribution in [3.8, 4) is 0 Å². The van der Waals surface area contributed by atoms with E-state index in [1.54, 1.807) is 36.7 Å². The fourth-order valence-electron chi connectivity index (χ4n) is 2.66. The molecule has 6 nitrogen and oxygen atoms in total. The third-order valence-corrected chi connectivity index (χ3v) is 3.84. The Hall–Kier alpha value is -3.67. The van der Waals surface area contributed by atoms with E-state index in [1.165, 1.54) is 0 Å². The number of nitrogens with zero attached hydrogens (tertiary/aromatic N) is 1. The highest BCUT2D eigenvalue weighted by atomic mass is 16.2. The van der Waals surface area contributed by atoms with Crippen LogP contribution < -0.4 is 16.4 Å². The van der Waals surface area contributed by atoms with Gasteiger partial charge in [0.2, 0.25) is 0 Å². The first kappa shape index (κ1) is 17.2. The molecule has 1 atom stereocenters. The van der Waals surface area contributed by atoms with Crippen LogP contribution in [-0.2, 0) is 0 Å². The second kappa shape index (κ2) is 7.94. The van der Waals surface area contributed by atoms with Gasteiger partial charge in [-0.1, -0.05) is 36.4 Å². The number of nitrogens with one attached hydrogen (secondary N) is 2. The summed E-state index contributed by atoms with van der Waals surface area (Å²) >= 11 is 0. The SMILES string of the molecule is NC(=O)Nc1cccc(C(=O)NC(c2ccccc2)c2ccncc2)c1. The minimum atomic E-state index is -0.679. The van der Waals surface area contributed by atoms with Gasteiger partial charge in [-0.2, -0.15) is 0 Å². The molecule has 2 aromatic carbocycles. The molecule has 0 spiro atoms. The van der Waals surface area contributed by atoms with Gasteiger partial charge in [0.25, 0.3) is 5.91 Å². The molecule has 1 unspecified atom stereocenters. The number of pyridine rings is 1. The minimum Gasteiger partial charge on any atom is -0.351 e. The Morgan fingerprint density at radius 2 is 1.58 bits per heavy atom. The van der Waals surface area contributed by atoms with Crippen LogP contribution >= 0.6 is 0 Å². The normalized spacial score (nSPS) is 11.4. The van der Waals surface area contributed by atoms with Crippen LogP contribution in [0.5, 0.6) is 0 Å². The number of carbonyl (C=O) groups is 2. The molecular formula is C20H18N4O2. The van der Waals surface area contributed by atoms with Gasteiger partial charge >= 0.3 is 6.03 Å². The van der Waals surface area contributed by atoms with Gasteiger partial charge < -0.3 is 16.4 Å². The van der Waals surface area contributed by atoms with E-state index in [9.17, 15) is 9.59 Å². The number of rotatable bonds is 5. The first-order valence-corrected chi connectivity index (χ1v) is 8.06. The molecule has 0 saturated heterocycles. The van der Waals surface area contributed by atoms with Gasteiger partial charge in [0.15, 0.2) is 0 Å². The number of urea groups is 1. The van der Waals surface area contributed by atoms with Crippen molar-refractivity contribution >= 4 is 17.6 Å². The van der Waals surface area contributed by atoms with Crippen LogP contribution in [0.15, 0.2) is 79.1 Å². The van der Waals surface area contributed by atoms with E-state index >= 15 is 0 Å². The van der Waals surface area contributed by atoms with Gasteiger partial charge in [-0.25, -0.2) is 4.79 Å². The molecule has 0 aliphatic heterocycles. The molecule has 1 heterocycles. The summed E-state index contributed by atoms with van der Waals surface area (Å²) in [5, 5.41) is 5.50. The summed E-state index contributed by atoms with van der Waals surface area (Å²) in [6.45, 7) is 0. The molecule has 0 bridgehead atoms. The van der Waals surface area contributed by atoms with E-state index < -0.39 is 6.03 Å². The van der Waals surface area contributed by atoms with Crippen molar-refractivity contribution in [2.75, 3.05) is 5.32 Å². The number of hydrogen-bond donors (Lipinski definition) is 3. The molecule has 0 radical (unpaired) electrons. The van der Waals surface area contributed by atoms with Crippen molar-refractivity contribution in [2.24, 2.45) is 5.73 Å². The van der Waals surface area contributed by atoms with Crippen molar-refractivity contribution in [1.82, 2.24) is 10.3 Å². The van der Waals surface area contributed by atoms with Crippen LogP contribution in [-0.4, -0.2) is 16.9 Å². The Morgan fingerprint density at radius 3 is 2.27 bits per heavy atom. The molecule has 0 aliphatic carbocycles. The molecular weight excluding hydrogens is 328 g/mol. The summed E-state index contributed by atoms with van der Waals surface area (Å²) in [6.07, 6.45) is 3.38. The maximum atomic E-state index is 12.8. The second-order valence-corrected chi connectivity index (χ2v) is 5.67. The Kier molecular flexibility index (Phi) is 5.24. The quantitative estimate of drug-likeness (QED) is 0.662. The van der Waals surface area contributed by atoms with Crippen molar-refractivity contribution < 1.29 is 9.59 Å². The minimum absolute atomic E-state index is 0.260. The Morgan fingerprint density at radius 1 is 0.885 bits per heavy atom. The highest BCUT2D eigenvalue weighted by molar-refractivity contribution is 5.97. The van der Waals surface area contributed by atoms with Crippen LogP contribution in [0, 0.1) is 0 Å². The van der Waals surface area contributed by atoms with Crippen LogP contribution in [0.1, 0.15) is 27.5 Å². The van der Waals surface area contributed by atoms with E-state index in [-0.39, 0.29) is 11.9 Å². The zero-order chi connectivity index (χ0) is 18.4. The maximum Gasteiger partial charge on any atom is 0.316 e. The summed E-state index contributed by atoms with van der Waals surface area (Å²) < 4.78 is 0. The molecule has 6 heteroatoms. The molecule has 0 saturated carbocycles. The summed E-state index contributed by atoms with van der Waals surface area (Å²) in [4.78, 5) is 27.8. The molecule has 3 rings (SSSR count). The highest BCUT2D eigenvalue weighted by Gasteiger charge is 2.18. The summed E-state index contributed by atoms with van der Waals surface area (Å²) in [6, 6.07) is 19.0. The molecule has 0 aliphatic rings. The van der Waals surface area contributed by atoms with Crippen LogP contribution in [0.25, 0.3) is 0 Å². The van der Waals surface area contributed by atoms with Gasteiger partial charge in [0.05, 0.1) is 6.04 Å². The van der Waals surface area contributed by atoms with Gasteiger partial charge in [0, 0.05) is 23.6 Å². The average molecular weight is 346 g/mol. The molecule has 130 valence electrons. The largest absolute Gasteiger partial charge is 0.351 e. The number of primary amides is 1. The topological polar surface area (TPSA) is 97.1 Å². The third-order valence-electron chi connectivity index (χ3n) is 3.84. The molecule has 3 amide bonds. The van der Waals surface area contributed by atoms with Crippen LogP contribution in [0.2, 0.25) is 0 Å². The van der Waals surface area contributed by atoms with Crippen molar-refractivity contribution in [2.45, 2.75) is 6.04 Å². The van der Waals surface area contributed by atoms with Crippen LogP contribution in [0.3, 0.4) is 0 Å². The second-order valence-electron chi connectivity index (χ2n) is 5.67. The summed E-state index contributed by atoms with van der Waals surface area (Å²) in [5.41, 5.74) is 7.89. The van der Waals surface area contributed by atoms with Crippen LogP contribution in [0.4, 0.5) is 10.5 Å². The molecule has 3 aromatic rings. The lowest BCUT2D eigenvalue weighted by atomic mass is 9.99. The summed E-state index contributed by atoms with van der Waals surface area (Å²) in [7, 11) is 0. The lowest BCUT2D eigenvalue weighted by molar-refractivity contribution is 0.0943. The van der Waals surface area contributed by atoms with E-state index in [0.29, 0.717) is 11.3 Å². The van der Waals surface area contributed by atoms with Gasteiger partial charge in [-0.15, -0.1) is 0 Å². The van der Waals surface area contributed by atoms with Gasteiger partial charge in [-0.05, 0) is 41.5 Å². The first-order chi connectivity index (χ1) is 12.6. The van der Waals surface area contributed by atoms with Gasteiger partial charge in [0.1, 0.15) is 0 Å². The number of hydrogen-bond acceptors (Lipinski definition) is 3. The maximum absolute atomic E-state index is 12.8. The monoisotopic (exact) mass is 346 g/mol. The number of carbonyl (C=O) groups excluding carboxylic acids is 2. The number of anilines is 1. The average Bonchev–Trinajstić information content (AvgIpc) is 2.67. The zero-order valence-electron chi connectivity index (χ0n) is 13.9. The van der Waals surface area contributed by atoms with Crippen molar-refractivity contribution in [3.05, 3.63) is 95.8 Å². The Labute approximate surface area is 151 Å². The number of aromatic nitrogens is 1. The third kappa shape index (κ3) is 4.24. The first-order valence-electron chi connectivity index (χ1n) is 8.06. The van der Waals surface area contributed by atoms with Crippen molar-refractivity contribution in [3.63, 3.8) is 0 Å². The van der Waals surface area contributed by atoms with E-state index in [4.69, 9.17) is 5.73 Å². The van der Waals surface area contributed by atoms with E-state index in [2.05, 4.69) is 15.6 Å². The molecule has 0 fully saturated rings. The fourth-order valence-corrected chi connectivity index (χ4v) is 2.66. The number of benzene rings is 2. The fraction of sp³-hybridized carbons (Fsp3) is 0.0500. The predicted molar refractivity (Wildman–Crippen MR) is 99.6 cm³/mol. The Balaban J connectivity index is 1.88. The van der Waals surface area contributed by atoms with E-state index in [1.807, 2.05) is 42.5 Å². The van der Waals surface area contributed by atoms with E-state index in [0.717, 1.165) is 11.1 Å². The van der Waals surface area contributed by atoms with Gasteiger partial charge in [-0.3, -0.25) is 9.78 Å². The predicted octanol–water partition coefficient (Wildman–Crippen LogP) is 3.09. The zero-order valence-corrected chi connectivity index (χ0v) is 13.9. The number of nitrogens with two attached hydrogens (primary N) is 1. The highest BCUT2D eigenvalue weighted by Crippen LogP contribution is 2.22. The molecule has 4 N–H and O–H groups in total. The standard InChI is InChI=1S/C20H18N4O2/c21-20(26)23-17-8-4-7-16(13-17)19(25)24-18(14-5-2-1-3-6-14)15-9-11-22-12-10-15/h1-13,18H,(H,24,25)(H3,21,23,26). The smallest absolute Gasteiger partial charge is 0.316 e. The molecule has 26 heavy (non-hydrogen) atoms. The lowest BCUT2D eigenvalue weighted by Gasteiger charge is -2.20. The summed E-state index contributed by atoms with van der Waals surface area (Å²) in [5.74, 6) is -0.260. The Bertz CT molecular complexity index is 858. The number of amides is 3. The van der Waals surface area contributed by atoms with Crippen molar-refractivity contribution in [1.29, 1.82) is 0 Å². The lowest BCUT2D eigenvalue weighted by Crippen LogP contribution is -2.29. The molecule has 1 aromatic heterocycles.